The molecule has 0 aromatic rings. The van der Waals surface area contributed by atoms with E-state index in [2.05, 4.69) is 6.92 Å². The Kier molecular flexibility index (Phi) is 5.45. The van der Waals surface area contributed by atoms with Crippen molar-refractivity contribution in [3.05, 3.63) is 0 Å². The number of unbranched alkanes of at least 4 members (excludes halogenated alkanes) is 3. The summed E-state index contributed by atoms with van der Waals surface area (Å²) in [5.74, 6) is 1.06. The zero-order valence-corrected chi connectivity index (χ0v) is 9.10. The highest BCUT2D eigenvalue weighted by atomic mass is 14.6. The molecule has 0 bridgehead atoms. The molecule has 1 nitrogen and oxygen atoms in total. The van der Waals surface area contributed by atoms with Crippen LogP contribution in [0.15, 0.2) is 0 Å². The molecular weight excluding hydrogens is 158 g/mol. The molecule has 1 aliphatic carbocycles. The van der Waals surface area contributed by atoms with Crippen molar-refractivity contribution in [2.24, 2.45) is 11.7 Å². The summed E-state index contributed by atoms with van der Waals surface area (Å²) in [7, 11) is 0. The Balaban J connectivity index is 1.81. The van der Waals surface area contributed by atoms with Crippen LogP contribution < -0.4 is 5.73 Å². The van der Waals surface area contributed by atoms with Crippen LogP contribution in [0.25, 0.3) is 0 Å². The molecule has 13 heavy (non-hydrogen) atoms. The second-order valence-electron chi connectivity index (χ2n) is 4.63. The maximum Gasteiger partial charge on any atom is 0.00389 e. The quantitative estimate of drug-likeness (QED) is 0.573. The third-order valence-electron chi connectivity index (χ3n) is 3.07. The Morgan fingerprint density at radius 2 is 1.92 bits per heavy atom. The van der Waals surface area contributed by atoms with Crippen molar-refractivity contribution in [3.63, 3.8) is 0 Å². The highest BCUT2D eigenvalue weighted by molar-refractivity contribution is 4.75. The van der Waals surface area contributed by atoms with Gasteiger partial charge in [-0.25, -0.2) is 0 Å². The van der Waals surface area contributed by atoms with Gasteiger partial charge in [-0.3, -0.25) is 0 Å². The van der Waals surface area contributed by atoms with Crippen LogP contribution in [0.3, 0.4) is 0 Å². The Morgan fingerprint density at radius 1 is 1.15 bits per heavy atom. The van der Waals surface area contributed by atoms with Crippen LogP contribution in [0.2, 0.25) is 0 Å². The maximum absolute atomic E-state index is 6.03. The largest absolute Gasteiger partial charge is 0.328 e. The Hall–Kier alpha value is -0.0400. The highest BCUT2D eigenvalue weighted by Gasteiger charge is 2.21. The van der Waals surface area contributed by atoms with E-state index in [-0.39, 0.29) is 0 Å². The molecule has 0 heterocycles. The predicted octanol–water partition coefficient (Wildman–Crippen LogP) is 3.47. The fraction of sp³-hybridized carbons (Fsp3) is 1.00. The van der Waals surface area contributed by atoms with Gasteiger partial charge in [-0.1, -0.05) is 45.4 Å². The fourth-order valence-electron chi connectivity index (χ4n) is 1.83. The summed E-state index contributed by atoms with van der Waals surface area (Å²) in [5.41, 5.74) is 6.03. The molecule has 0 aromatic heterocycles. The molecule has 1 unspecified atom stereocenters. The SMILES string of the molecule is CCCCCCC(N)CCC1CC1. The molecule has 0 aliphatic heterocycles. The van der Waals surface area contributed by atoms with Gasteiger partial charge in [0.25, 0.3) is 0 Å². The Labute approximate surface area is 83.1 Å². The average molecular weight is 183 g/mol. The summed E-state index contributed by atoms with van der Waals surface area (Å²) in [5, 5.41) is 0. The van der Waals surface area contributed by atoms with Crippen molar-refractivity contribution in [3.8, 4) is 0 Å². The molecule has 1 heteroatoms. The molecule has 0 amide bonds. The van der Waals surface area contributed by atoms with Gasteiger partial charge in [0.05, 0.1) is 0 Å². The zero-order valence-electron chi connectivity index (χ0n) is 9.10. The minimum Gasteiger partial charge on any atom is -0.328 e. The van der Waals surface area contributed by atoms with Gasteiger partial charge < -0.3 is 5.73 Å². The van der Waals surface area contributed by atoms with E-state index in [0.29, 0.717) is 6.04 Å². The van der Waals surface area contributed by atoms with E-state index in [1.165, 1.54) is 57.8 Å². The lowest BCUT2D eigenvalue weighted by atomic mass is 10.0. The monoisotopic (exact) mass is 183 g/mol. The molecule has 0 spiro atoms. The number of nitrogens with two attached hydrogens (primary N) is 1. The maximum atomic E-state index is 6.03. The van der Waals surface area contributed by atoms with Crippen molar-refractivity contribution in [1.82, 2.24) is 0 Å². The molecule has 0 radical (unpaired) electrons. The first-order valence-corrected chi connectivity index (χ1v) is 6.08. The Bertz CT molecular complexity index is 118. The van der Waals surface area contributed by atoms with Crippen molar-refractivity contribution < 1.29 is 0 Å². The van der Waals surface area contributed by atoms with Crippen molar-refractivity contribution >= 4 is 0 Å². The van der Waals surface area contributed by atoms with E-state index in [0.717, 1.165) is 5.92 Å². The fourth-order valence-corrected chi connectivity index (χ4v) is 1.83. The molecule has 1 atom stereocenters. The lowest BCUT2D eigenvalue weighted by Crippen LogP contribution is -2.19. The molecule has 1 rings (SSSR count). The summed E-state index contributed by atoms with van der Waals surface area (Å²) in [4.78, 5) is 0. The van der Waals surface area contributed by atoms with Gasteiger partial charge in [-0.2, -0.15) is 0 Å². The summed E-state index contributed by atoms with van der Waals surface area (Å²) >= 11 is 0. The normalized spacial score (nSPS) is 18.9. The van der Waals surface area contributed by atoms with Crippen LogP contribution in [-0.4, -0.2) is 6.04 Å². The number of rotatable bonds is 8. The first-order valence-electron chi connectivity index (χ1n) is 6.08. The molecule has 0 aromatic carbocycles. The van der Waals surface area contributed by atoms with Gasteiger partial charge >= 0.3 is 0 Å². The second kappa shape index (κ2) is 6.42. The van der Waals surface area contributed by atoms with Gasteiger partial charge in [0.15, 0.2) is 0 Å². The van der Waals surface area contributed by atoms with Crippen molar-refractivity contribution in [2.75, 3.05) is 0 Å². The van der Waals surface area contributed by atoms with Crippen LogP contribution in [0, 0.1) is 5.92 Å². The topological polar surface area (TPSA) is 26.0 Å². The van der Waals surface area contributed by atoms with Crippen LogP contribution in [-0.2, 0) is 0 Å². The average Bonchev–Trinajstić information content (AvgIpc) is 2.92. The number of hydrogen-bond acceptors (Lipinski definition) is 1. The van der Waals surface area contributed by atoms with E-state index in [9.17, 15) is 0 Å². The molecule has 1 fully saturated rings. The van der Waals surface area contributed by atoms with Crippen LogP contribution >= 0.6 is 0 Å². The van der Waals surface area contributed by atoms with E-state index in [1.807, 2.05) is 0 Å². The highest BCUT2D eigenvalue weighted by Crippen LogP contribution is 2.33. The first kappa shape index (κ1) is 11.0. The van der Waals surface area contributed by atoms with E-state index in [1.54, 1.807) is 0 Å². The summed E-state index contributed by atoms with van der Waals surface area (Å²) in [6.45, 7) is 2.26. The smallest absolute Gasteiger partial charge is 0.00389 e. The van der Waals surface area contributed by atoms with Crippen LogP contribution in [0.5, 0.6) is 0 Å². The van der Waals surface area contributed by atoms with Crippen LogP contribution in [0.1, 0.15) is 64.7 Å². The van der Waals surface area contributed by atoms with Gasteiger partial charge in [0.2, 0.25) is 0 Å². The Morgan fingerprint density at radius 3 is 2.54 bits per heavy atom. The molecule has 2 N–H and O–H groups in total. The van der Waals surface area contributed by atoms with Crippen molar-refractivity contribution in [1.29, 1.82) is 0 Å². The second-order valence-corrected chi connectivity index (χ2v) is 4.63. The lowest BCUT2D eigenvalue weighted by molar-refractivity contribution is 0.493. The third-order valence-corrected chi connectivity index (χ3v) is 3.07. The lowest BCUT2D eigenvalue weighted by Gasteiger charge is -2.10. The summed E-state index contributed by atoms with van der Waals surface area (Å²) < 4.78 is 0. The molecular formula is C12H25N. The van der Waals surface area contributed by atoms with E-state index >= 15 is 0 Å². The minimum absolute atomic E-state index is 0.498. The molecule has 1 aliphatic rings. The predicted molar refractivity (Wildman–Crippen MR) is 58.7 cm³/mol. The van der Waals surface area contributed by atoms with E-state index in [4.69, 9.17) is 5.73 Å². The summed E-state index contributed by atoms with van der Waals surface area (Å²) in [6, 6.07) is 0.498. The molecule has 0 saturated heterocycles. The van der Waals surface area contributed by atoms with Crippen molar-refractivity contribution in [2.45, 2.75) is 70.8 Å². The molecule has 1 saturated carbocycles. The summed E-state index contributed by atoms with van der Waals surface area (Å²) in [6.07, 6.45) is 12.3. The minimum atomic E-state index is 0.498. The van der Waals surface area contributed by atoms with Crippen LogP contribution in [0.4, 0.5) is 0 Å². The number of hydrogen-bond donors (Lipinski definition) is 1. The van der Waals surface area contributed by atoms with E-state index < -0.39 is 0 Å². The van der Waals surface area contributed by atoms with Gasteiger partial charge in [-0.15, -0.1) is 0 Å². The van der Waals surface area contributed by atoms with Gasteiger partial charge in [-0.05, 0) is 25.2 Å². The van der Waals surface area contributed by atoms with Gasteiger partial charge in [0.1, 0.15) is 0 Å². The third kappa shape index (κ3) is 6.09. The van der Waals surface area contributed by atoms with Gasteiger partial charge in [0, 0.05) is 6.04 Å². The molecule has 78 valence electrons. The standard InChI is InChI=1S/C12H25N/c1-2-3-4-5-6-12(13)10-9-11-7-8-11/h11-12H,2-10,13H2,1H3. The zero-order chi connectivity index (χ0) is 9.52. The first-order chi connectivity index (χ1) is 6.33.